The van der Waals surface area contributed by atoms with Gasteiger partial charge in [-0.05, 0) is 47.5 Å². The van der Waals surface area contributed by atoms with Crippen molar-refractivity contribution in [3.63, 3.8) is 0 Å². The molecule has 0 aliphatic rings. The largest absolute Gasteiger partial charge is 0.493 e. The van der Waals surface area contributed by atoms with Crippen LogP contribution in [0, 0.1) is 0 Å². The van der Waals surface area contributed by atoms with E-state index in [0.29, 0.717) is 36.0 Å². The smallest absolute Gasteiger partial charge is 0.161 e. The molecule has 0 aliphatic heterocycles. The normalized spacial score (nSPS) is 10.2. The molecule has 0 heterocycles. The Kier molecular flexibility index (Phi) is 5.88. The monoisotopic (exact) mass is 348 g/mol. The maximum absolute atomic E-state index is 10.7. The third-order valence-electron chi connectivity index (χ3n) is 3.89. The standard InChI is InChI=1S/C22H20O4/c1-24-22-13-19(16-25-20-10-7-17(14-23)8-11-20)9-12-21(22)26-15-18-5-3-2-4-6-18/h2-14H,15-16H2,1H3. The van der Waals surface area contributed by atoms with Crippen molar-refractivity contribution >= 4 is 6.29 Å². The van der Waals surface area contributed by atoms with Gasteiger partial charge in [0.15, 0.2) is 11.5 Å². The first-order valence-corrected chi connectivity index (χ1v) is 8.30. The number of hydrogen-bond acceptors (Lipinski definition) is 4. The third kappa shape index (κ3) is 4.63. The summed E-state index contributed by atoms with van der Waals surface area (Å²) in [7, 11) is 1.62. The van der Waals surface area contributed by atoms with Crippen LogP contribution in [0.3, 0.4) is 0 Å². The Hall–Kier alpha value is -3.27. The van der Waals surface area contributed by atoms with Gasteiger partial charge in [-0.2, -0.15) is 0 Å². The number of hydrogen-bond donors (Lipinski definition) is 0. The van der Waals surface area contributed by atoms with E-state index in [0.717, 1.165) is 17.4 Å². The third-order valence-corrected chi connectivity index (χ3v) is 3.89. The van der Waals surface area contributed by atoms with Gasteiger partial charge in [-0.1, -0.05) is 36.4 Å². The van der Waals surface area contributed by atoms with E-state index in [4.69, 9.17) is 14.2 Å². The van der Waals surface area contributed by atoms with Gasteiger partial charge in [-0.15, -0.1) is 0 Å². The van der Waals surface area contributed by atoms with Crippen LogP contribution in [0.15, 0.2) is 72.8 Å². The Labute approximate surface area is 153 Å². The van der Waals surface area contributed by atoms with E-state index in [1.807, 2.05) is 48.5 Å². The van der Waals surface area contributed by atoms with Crippen LogP contribution in [0.4, 0.5) is 0 Å². The highest BCUT2D eigenvalue weighted by Crippen LogP contribution is 2.29. The van der Waals surface area contributed by atoms with Gasteiger partial charge in [0.25, 0.3) is 0 Å². The molecule has 0 N–H and O–H groups in total. The summed E-state index contributed by atoms with van der Waals surface area (Å²) < 4.78 is 17.0. The molecule has 0 radical (unpaired) electrons. The number of rotatable bonds is 8. The van der Waals surface area contributed by atoms with Crippen molar-refractivity contribution in [1.82, 2.24) is 0 Å². The van der Waals surface area contributed by atoms with Crippen molar-refractivity contribution in [2.45, 2.75) is 13.2 Å². The van der Waals surface area contributed by atoms with Gasteiger partial charge in [0, 0.05) is 5.56 Å². The SMILES string of the molecule is COc1cc(COc2ccc(C=O)cc2)ccc1OCc1ccccc1. The maximum atomic E-state index is 10.7. The quantitative estimate of drug-likeness (QED) is 0.555. The molecular weight excluding hydrogens is 328 g/mol. The summed E-state index contributed by atoms with van der Waals surface area (Å²) in [4.78, 5) is 10.7. The molecule has 0 fully saturated rings. The van der Waals surface area contributed by atoms with Gasteiger partial charge in [0.05, 0.1) is 7.11 Å². The number of benzene rings is 3. The summed E-state index contributed by atoms with van der Waals surface area (Å²) in [6, 6.07) is 22.7. The molecule has 0 atom stereocenters. The van der Waals surface area contributed by atoms with Gasteiger partial charge in [0.2, 0.25) is 0 Å². The van der Waals surface area contributed by atoms with Crippen LogP contribution >= 0.6 is 0 Å². The van der Waals surface area contributed by atoms with Crippen molar-refractivity contribution in [2.75, 3.05) is 7.11 Å². The molecule has 4 nitrogen and oxygen atoms in total. The molecule has 0 amide bonds. The van der Waals surface area contributed by atoms with Crippen molar-refractivity contribution in [1.29, 1.82) is 0 Å². The highest BCUT2D eigenvalue weighted by molar-refractivity contribution is 5.74. The number of carbonyl (C=O) groups is 1. The zero-order chi connectivity index (χ0) is 18.2. The topological polar surface area (TPSA) is 44.8 Å². The average Bonchev–Trinajstić information content (AvgIpc) is 2.72. The van der Waals surface area contributed by atoms with E-state index in [1.54, 1.807) is 31.4 Å². The van der Waals surface area contributed by atoms with E-state index in [2.05, 4.69) is 0 Å². The highest BCUT2D eigenvalue weighted by Gasteiger charge is 2.07. The van der Waals surface area contributed by atoms with Crippen LogP contribution < -0.4 is 14.2 Å². The lowest BCUT2D eigenvalue weighted by Gasteiger charge is -2.13. The van der Waals surface area contributed by atoms with Gasteiger partial charge in [0.1, 0.15) is 25.2 Å². The molecule has 0 saturated heterocycles. The fourth-order valence-electron chi connectivity index (χ4n) is 2.47. The van der Waals surface area contributed by atoms with Gasteiger partial charge >= 0.3 is 0 Å². The van der Waals surface area contributed by atoms with E-state index >= 15 is 0 Å². The van der Waals surface area contributed by atoms with Crippen molar-refractivity contribution in [2.24, 2.45) is 0 Å². The molecule has 0 aliphatic carbocycles. The predicted octanol–water partition coefficient (Wildman–Crippen LogP) is 4.67. The second kappa shape index (κ2) is 8.72. The fraction of sp³-hybridized carbons (Fsp3) is 0.136. The minimum absolute atomic E-state index is 0.399. The molecule has 0 aromatic heterocycles. The molecule has 26 heavy (non-hydrogen) atoms. The van der Waals surface area contributed by atoms with E-state index < -0.39 is 0 Å². The van der Waals surface area contributed by atoms with E-state index in [1.165, 1.54) is 0 Å². The van der Waals surface area contributed by atoms with Crippen LogP contribution in [-0.4, -0.2) is 13.4 Å². The van der Waals surface area contributed by atoms with Gasteiger partial charge < -0.3 is 14.2 Å². The summed E-state index contributed by atoms with van der Waals surface area (Å²) in [5.41, 5.74) is 2.69. The van der Waals surface area contributed by atoms with Gasteiger partial charge in [-0.3, -0.25) is 4.79 Å². The first-order chi connectivity index (χ1) is 12.8. The van der Waals surface area contributed by atoms with Crippen LogP contribution in [-0.2, 0) is 13.2 Å². The lowest BCUT2D eigenvalue weighted by atomic mass is 10.2. The fourth-order valence-corrected chi connectivity index (χ4v) is 2.47. The summed E-state index contributed by atoms with van der Waals surface area (Å²) in [5, 5.41) is 0. The molecule has 0 spiro atoms. The average molecular weight is 348 g/mol. The van der Waals surface area contributed by atoms with Crippen LogP contribution in [0.25, 0.3) is 0 Å². The first-order valence-electron chi connectivity index (χ1n) is 8.30. The first kappa shape index (κ1) is 17.5. The Bertz CT molecular complexity index is 842. The summed E-state index contributed by atoms with van der Waals surface area (Å²) >= 11 is 0. The summed E-state index contributed by atoms with van der Waals surface area (Å²) in [5.74, 6) is 2.06. The molecule has 3 rings (SSSR count). The molecule has 0 saturated carbocycles. The molecule has 0 bridgehead atoms. The lowest BCUT2D eigenvalue weighted by molar-refractivity contribution is 0.112. The van der Waals surface area contributed by atoms with Gasteiger partial charge in [-0.25, -0.2) is 0 Å². The Morgan fingerprint density at radius 1 is 0.769 bits per heavy atom. The number of aldehydes is 1. The number of methoxy groups -OCH3 is 1. The van der Waals surface area contributed by atoms with Crippen LogP contribution in [0.2, 0.25) is 0 Å². The summed E-state index contributed by atoms with van der Waals surface area (Å²) in [6.07, 6.45) is 0.808. The number of carbonyl (C=O) groups excluding carboxylic acids is 1. The van der Waals surface area contributed by atoms with E-state index in [9.17, 15) is 4.79 Å². The highest BCUT2D eigenvalue weighted by atomic mass is 16.5. The van der Waals surface area contributed by atoms with Crippen molar-refractivity contribution in [3.8, 4) is 17.2 Å². The Morgan fingerprint density at radius 2 is 1.50 bits per heavy atom. The second-order valence-electron chi connectivity index (χ2n) is 5.74. The molecule has 3 aromatic rings. The minimum Gasteiger partial charge on any atom is -0.493 e. The zero-order valence-electron chi connectivity index (χ0n) is 14.6. The van der Waals surface area contributed by atoms with Crippen molar-refractivity contribution < 1.29 is 19.0 Å². The zero-order valence-corrected chi connectivity index (χ0v) is 14.6. The molecule has 3 aromatic carbocycles. The lowest BCUT2D eigenvalue weighted by Crippen LogP contribution is -2.00. The predicted molar refractivity (Wildman–Crippen MR) is 99.9 cm³/mol. The second-order valence-corrected chi connectivity index (χ2v) is 5.74. The van der Waals surface area contributed by atoms with E-state index in [-0.39, 0.29) is 0 Å². The van der Waals surface area contributed by atoms with Crippen molar-refractivity contribution in [3.05, 3.63) is 89.5 Å². The molecular formula is C22H20O4. The minimum atomic E-state index is 0.399. The Balaban J connectivity index is 1.62. The summed E-state index contributed by atoms with van der Waals surface area (Å²) in [6.45, 7) is 0.881. The number of ether oxygens (including phenoxy) is 3. The molecule has 0 unspecified atom stereocenters. The molecule has 4 heteroatoms. The maximum Gasteiger partial charge on any atom is 0.161 e. The van der Waals surface area contributed by atoms with Crippen LogP contribution in [0.1, 0.15) is 21.5 Å². The van der Waals surface area contributed by atoms with Crippen LogP contribution in [0.5, 0.6) is 17.2 Å². The Morgan fingerprint density at radius 3 is 2.19 bits per heavy atom. The molecule has 132 valence electrons.